The first-order valence-corrected chi connectivity index (χ1v) is 9.94. The lowest BCUT2D eigenvalue weighted by Gasteiger charge is -2.24. The Bertz CT molecular complexity index is 860. The van der Waals surface area contributed by atoms with E-state index in [-0.39, 0.29) is 12.6 Å². The number of hydrogen-bond donors (Lipinski definition) is 1. The fraction of sp³-hybridized carbons (Fsp3) is 0.300. The van der Waals surface area contributed by atoms with Crippen molar-refractivity contribution >= 4 is 39.5 Å². The largest absolute Gasteiger partial charge is 0.492 e. The lowest BCUT2D eigenvalue weighted by molar-refractivity contribution is -0.132. The molecule has 3 rings (SSSR count). The maximum Gasteiger partial charge on any atom is 0.326 e. The number of ether oxygens (including phenoxy) is 1. The highest BCUT2D eigenvalue weighted by Gasteiger charge is 2.49. The first-order valence-electron chi connectivity index (χ1n) is 8.76. The van der Waals surface area contributed by atoms with E-state index in [1.54, 1.807) is 31.2 Å². The van der Waals surface area contributed by atoms with Gasteiger partial charge in [0.05, 0.1) is 6.67 Å². The van der Waals surface area contributed by atoms with E-state index in [1.165, 1.54) is 4.90 Å². The molecule has 1 fully saturated rings. The van der Waals surface area contributed by atoms with Gasteiger partial charge >= 0.3 is 6.03 Å². The van der Waals surface area contributed by atoms with Crippen molar-refractivity contribution in [2.24, 2.45) is 0 Å². The Labute approximate surface area is 177 Å². The van der Waals surface area contributed by atoms with Crippen molar-refractivity contribution in [1.82, 2.24) is 15.1 Å². The number of rotatable bonds is 7. The van der Waals surface area contributed by atoms with E-state index < -0.39 is 11.6 Å². The standard InChI is InChI=1S/C20H21BrClN3O3/c1-20(14-3-7-16(22)8-4-14)18(26)25(19(27)23-20)13-24(2)11-12-28-17-9-5-15(21)6-10-17/h3-10H,11-13H2,1-2H3,(H,23,27). The molecule has 0 saturated carbocycles. The highest BCUT2D eigenvalue weighted by atomic mass is 79.9. The number of benzene rings is 2. The van der Waals surface area contributed by atoms with Gasteiger partial charge in [0, 0.05) is 16.0 Å². The van der Waals surface area contributed by atoms with Crippen LogP contribution in [0.5, 0.6) is 5.75 Å². The molecule has 3 amide bonds. The topological polar surface area (TPSA) is 61.9 Å². The molecule has 1 N–H and O–H groups in total. The molecule has 1 heterocycles. The first kappa shape index (κ1) is 20.6. The molecular formula is C20H21BrClN3O3. The van der Waals surface area contributed by atoms with Crippen LogP contribution in [0.1, 0.15) is 12.5 Å². The molecule has 0 bridgehead atoms. The summed E-state index contributed by atoms with van der Waals surface area (Å²) in [6.07, 6.45) is 0. The fourth-order valence-electron chi connectivity index (χ4n) is 2.97. The number of amides is 3. The Morgan fingerprint density at radius 3 is 2.43 bits per heavy atom. The summed E-state index contributed by atoms with van der Waals surface area (Å²) in [5.74, 6) is 0.474. The molecular weight excluding hydrogens is 446 g/mol. The van der Waals surface area contributed by atoms with Gasteiger partial charge in [-0.2, -0.15) is 0 Å². The minimum Gasteiger partial charge on any atom is -0.492 e. The lowest BCUT2D eigenvalue weighted by Crippen LogP contribution is -2.43. The van der Waals surface area contributed by atoms with E-state index in [2.05, 4.69) is 21.2 Å². The number of hydrogen-bond acceptors (Lipinski definition) is 4. The molecule has 28 heavy (non-hydrogen) atoms. The summed E-state index contributed by atoms with van der Waals surface area (Å²) in [6, 6.07) is 14.1. The van der Waals surface area contributed by atoms with Gasteiger partial charge < -0.3 is 10.1 Å². The van der Waals surface area contributed by atoms with Gasteiger partial charge in [-0.1, -0.05) is 39.7 Å². The van der Waals surface area contributed by atoms with Gasteiger partial charge in [-0.3, -0.25) is 9.69 Å². The van der Waals surface area contributed by atoms with E-state index in [0.717, 1.165) is 10.2 Å². The van der Waals surface area contributed by atoms with Gasteiger partial charge in [-0.15, -0.1) is 0 Å². The summed E-state index contributed by atoms with van der Waals surface area (Å²) >= 11 is 9.30. The van der Waals surface area contributed by atoms with Crippen LogP contribution in [0.3, 0.4) is 0 Å². The molecule has 1 saturated heterocycles. The smallest absolute Gasteiger partial charge is 0.326 e. The second kappa shape index (κ2) is 8.51. The van der Waals surface area contributed by atoms with Crippen LogP contribution < -0.4 is 10.1 Å². The van der Waals surface area contributed by atoms with Crippen LogP contribution in [-0.2, 0) is 10.3 Å². The van der Waals surface area contributed by atoms with Gasteiger partial charge in [0.15, 0.2) is 0 Å². The summed E-state index contributed by atoms with van der Waals surface area (Å²) in [4.78, 5) is 28.4. The normalized spacial score (nSPS) is 19.2. The number of carbonyl (C=O) groups is 2. The molecule has 1 aliphatic rings. The second-order valence-corrected chi connectivity index (χ2v) is 8.17. The van der Waals surface area contributed by atoms with Crippen molar-refractivity contribution < 1.29 is 14.3 Å². The molecule has 148 valence electrons. The third-order valence-corrected chi connectivity index (χ3v) is 5.42. The van der Waals surface area contributed by atoms with Crippen LogP contribution in [0.15, 0.2) is 53.0 Å². The zero-order valence-electron chi connectivity index (χ0n) is 15.6. The van der Waals surface area contributed by atoms with E-state index >= 15 is 0 Å². The van der Waals surface area contributed by atoms with Gasteiger partial charge in [-0.05, 0) is 55.9 Å². The minimum absolute atomic E-state index is 0.178. The second-order valence-electron chi connectivity index (χ2n) is 6.82. The van der Waals surface area contributed by atoms with E-state index in [0.29, 0.717) is 23.7 Å². The number of nitrogens with one attached hydrogen (secondary N) is 1. The van der Waals surface area contributed by atoms with Crippen LogP contribution in [0.25, 0.3) is 0 Å². The minimum atomic E-state index is -1.10. The summed E-state index contributed by atoms with van der Waals surface area (Å²) in [5, 5.41) is 3.37. The Kier molecular flexibility index (Phi) is 6.27. The van der Waals surface area contributed by atoms with Gasteiger partial charge in [-0.25, -0.2) is 9.69 Å². The van der Waals surface area contributed by atoms with Crippen LogP contribution >= 0.6 is 27.5 Å². The average Bonchev–Trinajstić information content (AvgIpc) is 2.88. The van der Waals surface area contributed by atoms with Crippen LogP contribution in [0.2, 0.25) is 5.02 Å². The molecule has 1 atom stereocenters. The van der Waals surface area contributed by atoms with Crippen molar-refractivity contribution in [3.05, 3.63) is 63.6 Å². The monoisotopic (exact) mass is 465 g/mol. The molecule has 0 radical (unpaired) electrons. The number of likely N-dealkylation sites (N-methyl/N-ethyl adjacent to an activating group) is 1. The van der Waals surface area contributed by atoms with Crippen LogP contribution in [0.4, 0.5) is 4.79 Å². The molecule has 1 aliphatic heterocycles. The summed E-state index contributed by atoms with van der Waals surface area (Å²) < 4.78 is 6.68. The Hall–Kier alpha value is -2.09. The lowest BCUT2D eigenvalue weighted by atomic mass is 9.92. The quantitative estimate of drug-likeness (QED) is 0.630. The highest BCUT2D eigenvalue weighted by Crippen LogP contribution is 2.29. The highest BCUT2D eigenvalue weighted by molar-refractivity contribution is 9.10. The zero-order valence-corrected chi connectivity index (χ0v) is 18.0. The van der Waals surface area contributed by atoms with Crippen molar-refractivity contribution in [3.8, 4) is 5.75 Å². The van der Waals surface area contributed by atoms with Crippen molar-refractivity contribution in [1.29, 1.82) is 0 Å². The third-order valence-electron chi connectivity index (χ3n) is 4.63. The maximum absolute atomic E-state index is 12.9. The summed E-state index contributed by atoms with van der Waals surface area (Å²) in [5.41, 5.74) is -0.407. The molecule has 8 heteroatoms. The Balaban J connectivity index is 1.57. The predicted molar refractivity (Wildman–Crippen MR) is 111 cm³/mol. The molecule has 0 aromatic heterocycles. The van der Waals surface area contributed by atoms with Crippen molar-refractivity contribution in [2.45, 2.75) is 12.5 Å². The number of imide groups is 1. The van der Waals surface area contributed by atoms with E-state index in [1.807, 2.05) is 36.2 Å². The van der Waals surface area contributed by atoms with Crippen molar-refractivity contribution in [3.63, 3.8) is 0 Å². The van der Waals surface area contributed by atoms with Crippen molar-refractivity contribution in [2.75, 3.05) is 26.9 Å². The van der Waals surface area contributed by atoms with Gasteiger partial charge in [0.25, 0.3) is 5.91 Å². The number of halogens is 2. The summed E-state index contributed by atoms with van der Waals surface area (Å²) in [6.45, 7) is 2.88. The average molecular weight is 467 g/mol. The van der Waals surface area contributed by atoms with Crippen LogP contribution in [0, 0.1) is 0 Å². The number of nitrogens with zero attached hydrogens (tertiary/aromatic N) is 2. The Morgan fingerprint density at radius 2 is 1.79 bits per heavy atom. The predicted octanol–water partition coefficient (Wildman–Crippen LogP) is 3.84. The number of carbonyl (C=O) groups excluding carboxylic acids is 2. The molecule has 1 unspecified atom stereocenters. The van der Waals surface area contributed by atoms with Gasteiger partial charge in [0.1, 0.15) is 17.9 Å². The van der Waals surface area contributed by atoms with Crippen LogP contribution in [-0.4, -0.2) is 48.6 Å². The molecule has 0 aliphatic carbocycles. The number of urea groups is 1. The van der Waals surface area contributed by atoms with E-state index in [9.17, 15) is 9.59 Å². The molecule has 2 aromatic carbocycles. The fourth-order valence-corrected chi connectivity index (χ4v) is 3.36. The van der Waals surface area contributed by atoms with Gasteiger partial charge in [0.2, 0.25) is 0 Å². The Morgan fingerprint density at radius 1 is 1.14 bits per heavy atom. The SMILES string of the molecule is CN(CCOc1ccc(Br)cc1)CN1C(=O)NC(C)(c2ccc(Cl)cc2)C1=O. The van der Waals surface area contributed by atoms with E-state index in [4.69, 9.17) is 16.3 Å². The molecule has 0 spiro atoms. The first-order chi connectivity index (χ1) is 13.3. The zero-order chi connectivity index (χ0) is 20.3. The molecule has 2 aromatic rings. The third kappa shape index (κ3) is 4.48. The summed E-state index contributed by atoms with van der Waals surface area (Å²) in [7, 11) is 1.84. The maximum atomic E-state index is 12.9. The molecule has 6 nitrogen and oxygen atoms in total.